The maximum absolute atomic E-state index is 12.1. The predicted molar refractivity (Wildman–Crippen MR) is 65.2 cm³/mol. The van der Waals surface area contributed by atoms with Gasteiger partial charge < -0.3 is 5.11 Å². The fraction of sp³-hybridized carbons (Fsp3) is 0.909. The maximum Gasteiger partial charge on any atom is 0.322 e. The summed E-state index contributed by atoms with van der Waals surface area (Å²) in [6.07, 6.45) is 2.54. The van der Waals surface area contributed by atoms with Crippen LogP contribution in [0.15, 0.2) is 0 Å². The molecule has 1 fully saturated rings. The summed E-state index contributed by atoms with van der Waals surface area (Å²) in [5.74, 6) is -0.676. The summed E-state index contributed by atoms with van der Waals surface area (Å²) in [5.41, 5.74) is 0. The summed E-state index contributed by atoms with van der Waals surface area (Å²) in [4.78, 5) is 11.0. The molecule has 1 aliphatic rings. The van der Waals surface area contributed by atoms with Gasteiger partial charge in [0.05, 0.1) is 5.75 Å². The Labute approximate surface area is 103 Å². The van der Waals surface area contributed by atoms with Gasteiger partial charge in [0.2, 0.25) is 10.0 Å². The first-order chi connectivity index (χ1) is 7.84. The largest absolute Gasteiger partial charge is 0.480 e. The van der Waals surface area contributed by atoms with Crippen molar-refractivity contribution in [2.24, 2.45) is 5.92 Å². The van der Waals surface area contributed by atoms with Crippen molar-refractivity contribution in [1.29, 1.82) is 0 Å². The number of piperidine rings is 1. The van der Waals surface area contributed by atoms with E-state index in [0.717, 1.165) is 12.8 Å². The molecule has 0 aromatic carbocycles. The van der Waals surface area contributed by atoms with Crippen molar-refractivity contribution >= 4 is 16.0 Å². The summed E-state index contributed by atoms with van der Waals surface area (Å²) in [6.45, 7) is 4.26. The smallest absolute Gasteiger partial charge is 0.322 e. The molecule has 0 radical (unpaired) electrons. The first-order valence-electron chi connectivity index (χ1n) is 6.07. The minimum atomic E-state index is -3.42. The van der Waals surface area contributed by atoms with Crippen LogP contribution in [-0.2, 0) is 14.8 Å². The van der Waals surface area contributed by atoms with E-state index in [1.54, 1.807) is 0 Å². The number of rotatable bonds is 5. The van der Waals surface area contributed by atoms with Gasteiger partial charge in [-0.1, -0.05) is 13.8 Å². The Kier molecular flexibility index (Phi) is 4.94. The lowest BCUT2D eigenvalue weighted by Crippen LogP contribution is -2.48. The van der Waals surface area contributed by atoms with E-state index >= 15 is 0 Å². The maximum atomic E-state index is 12.1. The van der Waals surface area contributed by atoms with Gasteiger partial charge in [-0.3, -0.25) is 4.79 Å². The quantitative estimate of drug-likeness (QED) is 0.811. The van der Waals surface area contributed by atoms with Gasteiger partial charge >= 0.3 is 5.97 Å². The molecule has 1 atom stereocenters. The number of aliphatic carboxylic acids is 1. The molecule has 1 heterocycles. The number of hydrogen-bond donors (Lipinski definition) is 1. The molecular weight excluding hydrogens is 242 g/mol. The molecule has 6 heteroatoms. The summed E-state index contributed by atoms with van der Waals surface area (Å²) in [5, 5.41) is 9.04. The van der Waals surface area contributed by atoms with Crippen molar-refractivity contribution in [3.05, 3.63) is 0 Å². The lowest BCUT2D eigenvalue weighted by atomic mass is 10.1. The molecule has 1 aliphatic heterocycles. The molecule has 0 bridgehead atoms. The van der Waals surface area contributed by atoms with Gasteiger partial charge in [-0.15, -0.1) is 0 Å². The third-order valence-corrected chi connectivity index (χ3v) is 4.95. The van der Waals surface area contributed by atoms with Gasteiger partial charge in [0.25, 0.3) is 0 Å². The van der Waals surface area contributed by atoms with Gasteiger partial charge in [0, 0.05) is 6.54 Å². The van der Waals surface area contributed by atoms with E-state index in [1.807, 2.05) is 13.8 Å². The summed E-state index contributed by atoms with van der Waals surface area (Å²) < 4.78 is 25.3. The predicted octanol–water partition coefficient (Wildman–Crippen LogP) is 1.30. The second kappa shape index (κ2) is 5.82. The fourth-order valence-electron chi connectivity index (χ4n) is 1.99. The van der Waals surface area contributed by atoms with E-state index in [2.05, 4.69) is 0 Å². The van der Waals surface area contributed by atoms with Gasteiger partial charge in [-0.25, -0.2) is 8.42 Å². The molecule has 100 valence electrons. The highest BCUT2D eigenvalue weighted by Crippen LogP contribution is 2.22. The van der Waals surface area contributed by atoms with Gasteiger partial charge in [0.15, 0.2) is 0 Å². The first-order valence-corrected chi connectivity index (χ1v) is 7.68. The lowest BCUT2D eigenvalue weighted by molar-refractivity contribution is -0.142. The summed E-state index contributed by atoms with van der Waals surface area (Å²) >= 11 is 0. The van der Waals surface area contributed by atoms with E-state index in [-0.39, 0.29) is 5.75 Å². The van der Waals surface area contributed by atoms with E-state index in [4.69, 9.17) is 5.11 Å². The highest BCUT2D eigenvalue weighted by atomic mass is 32.2. The van der Waals surface area contributed by atoms with Gasteiger partial charge in [0.1, 0.15) is 6.04 Å². The second-order valence-corrected chi connectivity index (χ2v) is 7.00. The fourth-order valence-corrected chi connectivity index (χ4v) is 3.98. The van der Waals surface area contributed by atoms with Crippen LogP contribution >= 0.6 is 0 Å². The molecule has 0 aromatic heterocycles. The Morgan fingerprint density at radius 3 is 2.59 bits per heavy atom. The van der Waals surface area contributed by atoms with Crippen molar-refractivity contribution < 1.29 is 18.3 Å². The summed E-state index contributed by atoms with van der Waals surface area (Å²) in [6, 6.07) is -0.860. The Hall–Kier alpha value is -0.620. The van der Waals surface area contributed by atoms with Crippen LogP contribution in [0.1, 0.15) is 39.5 Å². The van der Waals surface area contributed by atoms with Crippen LogP contribution in [0, 0.1) is 5.92 Å². The Bertz CT molecular complexity index is 364. The number of carbonyl (C=O) groups is 1. The zero-order valence-electron chi connectivity index (χ0n) is 10.4. The van der Waals surface area contributed by atoms with Crippen LogP contribution in [0.5, 0.6) is 0 Å². The average Bonchev–Trinajstić information content (AvgIpc) is 2.26. The number of carboxylic acid groups (broad SMARTS) is 1. The van der Waals surface area contributed by atoms with Crippen molar-refractivity contribution in [2.45, 2.75) is 45.6 Å². The zero-order chi connectivity index (χ0) is 13.1. The monoisotopic (exact) mass is 263 g/mol. The molecule has 0 saturated carbocycles. The second-order valence-electron chi connectivity index (χ2n) is 4.96. The molecule has 1 saturated heterocycles. The van der Waals surface area contributed by atoms with Crippen molar-refractivity contribution in [1.82, 2.24) is 4.31 Å². The molecular formula is C11H21NO4S. The molecule has 0 aliphatic carbocycles. The minimum Gasteiger partial charge on any atom is -0.480 e. The van der Waals surface area contributed by atoms with E-state index in [9.17, 15) is 13.2 Å². The van der Waals surface area contributed by atoms with E-state index < -0.39 is 22.0 Å². The lowest BCUT2D eigenvalue weighted by Gasteiger charge is -2.32. The number of sulfonamides is 1. The van der Waals surface area contributed by atoms with Crippen LogP contribution in [0.3, 0.4) is 0 Å². The third kappa shape index (κ3) is 3.96. The number of nitrogens with zero attached hydrogens (tertiary/aromatic N) is 1. The Morgan fingerprint density at radius 2 is 2.06 bits per heavy atom. The van der Waals surface area contributed by atoms with Crippen LogP contribution in [0.25, 0.3) is 0 Å². The molecule has 0 aromatic rings. The zero-order valence-corrected chi connectivity index (χ0v) is 11.2. The molecule has 0 amide bonds. The third-order valence-electron chi connectivity index (χ3n) is 3.05. The van der Waals surface area contributed by atoms with Crippen molar-refractivity contribution in [3.63, 3.8) is 0 Å². The van der Waals surface area contributed by atoms with Crippen LogP contribution in [0.2, 0.25) is 0 Å². The Morgan fingerprint density at radius 1 is 1.41 bits per heavy atom. The van der Waals surface area contributed by atoms with Gasteiger partial charge in [-0.05, 0) is 31.6 Å². The molecule has 1 rings (SSSR count). The molecule has 0 unspecified atom stereocenters. The number of hydrogen-bond acceptors (Lipinski definition) is 3. The highest BCUT2D eigenvalue weighted by Gasteiger charge is 2.36. The SMILES string of the molecule is CC(C)CCS(=O)(=O)N1CCCC[C@H]1C(=O)O. The molecule has 0 spiro atoms. The standard InChI is InChI=1S/C11H21NO4S/c1-9(2)6-8-17(15,16)12-7-4-3-5-10(12)11(13)14/h9-10H,3-8H2,1-2H3,(H,13,14)/t10-/m0/s1. The highest BCUT2D eigenvalue weighted by molar-refractivity contribution is 7.89. The van der Waals surface area contributed by atoms with Crippen molar-refractivity contribution in [2.75, 3.05) is 12.3 Å². The molecule has 17 heavy (non-hydrogen) atoms. The first kappa shape index (κ1) is 14.4. The van der Waals surface area contributed by atoms with Crippen LogP contribution in [-0.4, -0.2) is 42.1 Å². The van der Waals surface area contributed by atoms with Crippen LogP contribution < -0.4 is 0 Å². The minimum absolute atomic E-state index is 0.0500. The van der Waals surface area contributed by atoms with Gasteiger partial charge in [-0.2, -0.15) is 4.31 Å². The Balaban J connectivity index is 2.76. The normalized spacial score (nSPS) is 22.9. The summed E-state index contributed by atoms with van der Waals surface area (Å²) in [7, 11) is -3.42. The van der Waals surface area contributed by atoms with Crippen LogP contribution in [0.4, 0.5) is 0 Å². The van der Waals surface area contributed by atoms with E-state index in [1.165, 1.54) is 4.31 Å². The topological polar surface area (TPSA) is 74.7 Å². The van der Waals surface area contributed by atoms with E-state index in [0.29, 0.717) is 25.3 Å². The average molecular weight is 263 g/mol. The molecule has 5 nitrogen and oxygen atoms in total. The number of carboxylic acids is 1. The van der Waals surface area contributed by atoms with Crippen molar-refractivity contribution in [3.8, 4) is 0 Å². The molecule has 1 N–H and O–H groups in total.